The first kappa shape index (κ1) is 15.0. The molecule has 1 fully saturated rings. The van der Waals surface area contributed by atoms with Crippen molar-refractivity contribution in [2.75, 3.05) is 6.61 Å². The van der Waals surface area contributed by atoms with Crippen molar-refractivity contribution in [3.63, 3.8) is 0 Å². The molecule has 1 saturated heterocycles. The Bertz CT molecular complexity index is 706. The number of rotatable bonds is 3. The highest BCUT2D eigenvalue weighted by Gasteiger charge is 2.46. The van der Waals surface area contributed by atoms with Crippen molar-refractivity contribution < 1.29 is 14.7 Å². The van der Waals surface area contributed by atoms with Gasteiger partial charge in [0.25, 0.3) is 5.56 Å². The second-order valence-corrected chi connectivity index (χ2v) is 5.27. The van der Waals surface area contributed by atoms with Gasteiger partial charge in [0.15, 0.2) is 0 Å². The van der Waals surface area contributed by atoms with Gasteiger partial charge in [-0.15, -0.1) is 0 Å². The van der Waals surface area contributed by atoms with Crippen LogP contribution in [0.2, 0.25) is 0 Å². The molecule has 5 N–H and O–H groups in total. The van der Waals surface area contributed by atoms with E-state index in [2.05, 4.69) is 20.6 Å². The standard InChI is InChI=1S/C12H16N4O5/c1-5-6(13-10(20)15-8(5)18)3-12(2)7(4-17)14-11(21)16-9(12)19/h7,17H,3-4H2,1-2H3,(H2,13,15,18,20)(H2,14,16,19,21). The van der Waals surface area contributed by atoms with Crippen LogP contribution in [0.3, 0.4) is 0 Å². The molecule has 9 heteroatoms. The summed E-state index contributed by atoms with van der Waals surface area (Å²) in [5, 5.41) is 14.0. The highest BCUT2D eigenvalue weighted by Crippen LogP contribution is 2.29. The van der Waals surface area contributed by atoms with Crippen LogP contribution in [0.1, 0.15) is 18.2 Å². The molecule has 0 spiro atoms. The van der Waals surface area contributed by atoms with Crippen molar-refractivity contribution in [1.82, 2.24) is 20.6 Å². The average Bonchev–Trinajstić information content (AvgIpc) is 2.40. The summed E-state index contributed by atoms with van der Waals surface area (Å²) in [6.07, 6.45) is -0.00463. The zero-order chi connectivity index (χ0) is 15.8. The quantitative estimate of drug-likeness (QED) is 0.443. The molecule has 1 aromatic rings. The third-order valence-corrected chi connectivity index (χ3v) is 3.83. The number of aliphatic hydroxyl groups excluding tert-OH is 1. The van der Waals surface area contributed by atoms with Crippen LogP contribution in [-0.2, 0) is 11.2 Å². The van der Waals surface area contributed by atoms with E-state index in [1.54, 1.807) is 6.92 Å². The van der Waals surface area contributed by atoms with Crippen LogP contribution >= 0.6 is 0 Å². The Morgan fingerprint density at radius 2 is 1.86 bits per heavy atom. The molecule has 21 heavy (non-hydrogen) atoms. The topological polar surface area (TPSA) is 144 Å². The van der Waals surface area contributed by atoms with Gasteiger partial charge in [-0.3, -0.25) is 19.9 Å². The maximum absolute atomic E-state index is 12.1. The number of hydrogen-bond donors (Lipinski definition) is 5. The van der Waals surface area contributed by atoms with E-state index in [-0.39, 0.29) is 17.7 Å². The van der Waals surface area contributed by atoms with E-state index < -0.39 is 41.3 Å². The summed E-state index contributed by atoms with van der Waals surface area (Å²) in [4.78, 5) is 50.9. The van der Waals surface area contributed by atoms with Crippen molar-refractivity contribution in [1.29, 1.82) is 0 Å². The van der Waals surface area contributed by atoms with Crippen molar-refractivity contribution in [2.45, 2.75) is 26.3 Å². The van der Waals surface area contributed by atoms with Crippen LogP contribution in [0.25, 0.3) is 0 Å². The van der Waals surface area contributed by atoms with Gasteiger partial charge < -0.3 is 15.4 Å². The fourth-order valence-electron chi connectivity index (χ4n) is 2.35. The Morgan fingerprint density at radius 1 is 1.19 bits per heavy atom. The number of carbonyl (C=O) groups excluding carboxylic acids is 2. The Balaban J connectivity index is 2.45. The summed E-state index contributed by atoms with van der Waals surface area (Å²) in [6, 6.07) is -1.51. The van der Waals surface area contributed by atoms with Gasteiger partial charge in [-0.1, -0.05) is 0 Å². The summed E-state index contributed by atoms with van der Waals surface area (Å²) in [7, 11) is 0. The molecule has 114 valence electrons. The van der Waals surface area contributed by atoms with E-state index in [4.69, 9.17) is 0 Å². The fraction of sp³-hybridized carbons (Fsp3) is 0.500. The normalized spacial score (nSPS) is 25.4. The van der Waals surface area contributed by atoms with Gasteiger partial charge >= 0.3 is 11.7 Å². The van der Waals surface area contributed by atoms with Crippen LogP contribution < -0.4 is 21.9 Å². The highest BCUT2D eigenvalue weighted by molar-refractivity contribution is 6.00. The van der Waals surface area contributed by atoms with Crippen molar-refractivity contribution in [2.24, 2.45) is 5.41 Å². The second kappa shape index (κ2) is 5.17. The van der Waals surface area contributed by atoms with Crippen LogP contribution in [0.15, 0.2) is 9.59 Å². The molecule has 1 aliphatic heterocycles. The SMILES string of the molecule is Cc1c(CC2(C)C(=O)NC(=O)NC2CO)[nH]c(=O)[nH]c1=O. The number of urea groups is 1. The van der Waals surface area contributed by atoms with E-state index in [0.29, 0.717) is 0 Å². The van der Waals surface area contributed by atoms with E-state index in [1.807, 2.05) is 0 Å². The zero-order valence-corrected chi connectivity index (χ0v) is 11.6. The molecular weight excluding hydrogens is 280 g/mol. The van der Waals surface area contributed by atoms with Crippen LogP contribution in [0.5, 0.6) is 0 Å². The fourth-order valence-corrected chi connectivity index (χ4v) is 2.35. The maximum Gasteiger partial charge on any atom is 0.325 e. The molecular formula is C12H16N4O5. The van der Waals surface area contributed by atoms with E-state index in [1.165, 1.54) is 6.92 Å². The van der Waals surface area contributed by atoms with Gasteiger partial charge in [0.05, 0.1) is 18.1 Å². The van der Waals surface area contributed by atoms with Gasteiger partial charge in [0, 0.05) is 17.7 Å². The molecule has 2 rings (SSSR count). The predicted molar refractivity (Wildman–Crippen MR) is 71.8 cm³/mol. The third-order valence-electron chi connectivity index (χ3n) is 3.83. The molecule has 0 bridgehead atoms. The number of aromatic amines is 2. The molecule has 9 nitrogen and oxygen atoms in total. The minimum Gasteiger partial charge on any atom is -0.394 e. The average molecular weight is 296 g/mol. The summed E-state index contributed by atoms with van der Waals surface area (Å²) < 4.78 is 0. The molecule has 0 aliphatic carbocycles. The summed E-state index contributed by atoms with van der Waals surface area (Å²) >= 11 is 0. The van der Waals surface area contributed by atoms with Gasteiger partial charge in [0.1, 0.15) is 0 Å². The number of aromatic nitrogens is 2. The Labute approximate surface area is 118 Å². The molecule has 0 radical (unpaired) electrons. The number of amides is 3. The van der Waals surface area contributed by atoms with Gasteiger partial charge in [-0.25, -0.2) is 9.59 Å². The molecule has 0 aromatic carbocycles. The summed E-state index contributed by atoms with van der Waals surface area (Å²) in [5.74, 6) is -0.578. The largest absolute Gasteiger partial charge is 0.394 e. The minimum atomic E-state index is -1.19. The van der Waals surface area contributed by atoms with Crippen LogP contribution in [0.4, 0.5) is 4.79 Å². The van der Waals surface area contributed by atoms with Gasteiger partial charge in [-0.2, -0.15) is 0 Å². The van der Waals surface area contributed by atoms with Crippen molar-refractivity contribution >= 4 is 11.9 Å². The molecule has 1 aromatic heterocycles. The van der Waals surface area contributed by atoms with E-state index >= 15 is 0 Å². The Morgan fingerprint density at radius 3 is 2.48 bits per heavy atom. The first-order valence-electron chi connectivity index (χ1n) is 6.33. The lowest BCUT2D eigenvalue weighted by atomic mass is 9.75. The third kappa shape index (κ3) is 2.59. The zero-order valence-electron chi connectivity index (χ0n) is 11.6. The van der Waals surface area contributed by atoms with E-state index in [9.17, 15) is 24.3 Å². The number of imide groups is 1. The minimum absolute atomic E-state index is 0.00463. The number of hydrogen-bond acceptors (Lipinski definition) is 5. The molecule has 2 heterocycles. The lowest BCUT2D eigenvalue weighted by Crippen LogP contribution is -2.65. The second-order valence-electron chi connectivity index (χ2n) is 5.27. The molecule has 3 amide bonds. The van der Waals surface area contributed by atoms with Gasteiger partial charge in [-0.05, 0) is 13.8 Å². The molecule has 2 atom stereocenters. The van der Waals surface area contributed by atoms with Gasteiger partial charge in [0.2, 0.25) is 5.91 Å². The van der Waals surface area contributed by atoms with Crippen LogP contribution in [0, 0.1) is 12.3 Å². The Kier molecular flexibility index (Phi) is 3.69. The summed E-state index contributed by atoms with van der Waals surface area (Å²) in [6.45, 7) is 2.62. The maximum atomic E-state index is 12.1. The predicted octanol–water partition coefficient (Wildman–Crippen LogP) is -1.88. The first-order valence-corrected chi connectivity index (χ1v) is 6.33. The number of nitrogens with one attached hydrogen (secondary N) is 4. The van der Waals surface area contributed by atoms with Crippen molar-refractivity contribution in [3.05, 3.63) is 32.1 Å². The Hall–Kier alpha value is -2.42. The van der Waals surface area contributed by atoms with Crippen LogP contribution in [-0.4, -0.2) is 39.7 Å². The number of carbonyl (C=O) groups is 2. The lowest BCUT2D eigenvalue weighted by Gasteiger charge is -2.39. The lowest BCUT2D eigenvalue weighted by molar-refractivity contribution is -0.132. The molecule has 2 unspecified atom stereocenters. The van der Waals surface area contributed by atoms with Crippen molar-refractivity contribution in [3.8, 4) is 0 Å². The molecule has 1 aliphatic rings. The molecule has 0 saturated carbocycles. The summed E-state index contributed by atoms with van der Waals surface area (Å²) in [5.41, 5.74) is -1.85. The van der Waals surface area contributed by atoms with E-state index in [0.717, 1.165) is 0 Å². The number of H-pyrrole nitrogens is 2. The highest BCUT2D eigenvalue weighted by atomic mass is 16.3. The smallest absolute Gasteiger partial charge is 0.325 e. The monoisotopic (exact) mass is 296 g/mol. The number of aliphatic hydroxyl groups is 1. The first-order chi connectivity index (χ1) is 9.77.